The molecule has 4 heteroatoms. The fraction of sp³-hybridized carbons (Fsp3) is 0.0909. The maximum atomic E-state index is 12.1. The number of methoxy groups -OCH3 is 1. The number of hydrogen-bond donors (Lipinski definition) is 1. The van der Waals surface area contributed by atoms with E-state index in [1.54, 1.807) is 13.2 Å². The quantitative estimate of drug-likeness (QED) is 0.486. The number of fused-ring (bicyclic) bond motifs is 2. The molecule has 0 aromatic heterocycles. The summed E-state index contributed by atoms with van der Waals surface area (Å²) in [5, 5.41) is 4.02. The molecule has 3 nitrogen and oxygen atoms in total. The summed E-state index contributed by atoms with van der Waals surface area (Å²) in [5.74, 6) is 0.685. The zero-order chi connectivity index (χ0) is 18.3. The molecular formula is C22H18O3S. The van der Waals surface area contributed by atoms with E-state index >= 15 is 0 Å². The summed E-state index contributed by atoms with van der Waals surface area (Å²) in [4.78, 5) is 0.384. The van der Waals surface area contributed by atoms with Gasteiger partial charge in [-0.2, -0.15) is 0 Å². The lowest BCUT2D eigenvalue weighted by molar-refractivity contribution is 0.417. The van der Waals surface area contributed by atoms with Gasteiger partial charge in [-0.3, -0.25) is 0 Å². The first-order valence-corrected chi connectivity index (χ1v) is 9.41. The molecule has 0 radical (unpaired) electrons. The second kappa shape index (κ2) is 6.56. The van der Waals surface area contributed by atoms with Gasteiger partial charge in [-0.1, -0.05) is 60.2 Å². The summed E-state index contributed by atoms with van der Waals surface area (Å²) in [6.45, 7) is 2.05. The van der Waals surface area contributed by atoms with Gasteiger partial charge < -0.3 is 9.29 Å². The van der Waals surface area contributed by atoms with Gasteiger partial charge >= 0.3 is 0 Å². The number of rotatable bonds is 3. The van der Waals surface area contributed by atoms with Crippen molar-refractivity contribution in [3.63, 3.8) is 0 Å². The van der Waals surface area contributed by atoms with E-state index in [1.165, 1.54) is 0 Å². The normalized spacial score (nSPS) is 12.4. The molecule has 0 aliphatic carbocycles. The van der Waals surface area contributed by atoms with Crippen molar-refractivity contribution >= 4 is 32.6 Å². The van der Waals surface area contributed by atoms with Gasteiger partial charge in [-0.05, 0) is 40.6 Å². The molecule has 0 bridgehead atoms. The standard InChI is InChI=1S/C22H18O3S/c1-14-7-10-18-16(13-14)8-11-19(25-2)21(18)22-17-6-4-3-5-15(17)9-12-20(22)26(23)24/h3-13H,1-2H3,(H,23,24). The van der Waals surface area contributed by atoms with Crippen molar-refractivity contribution in [3.05, 3.63) is 72.3 Å². The van der Waals surface area contributed by atoms with Crippen LogP contribution in [0.1, 0.15) is 5.56 Å². The first-order chi connectivity index (χ1) is 12.6. The van der Waals surface area contributed by atoms with Crippen molar-refractivity contribution in [3.8, 4) is 16.9 Å². The molecule has 1 N–H and O–H groups in total. The molecule has 0 fully saturated rings. The van der Waals surface area contributed by atoms with Crippen LogP contribution in [-0.2, 0) is 11.1 Å². The molecule has 0 heterocycles. The van der Waals surface area contributed by atoms with Gasteiger partial charge in [0.15, 0.2) is 11.1 Å². The third-order valence-electron chi connectivity index (χ3n) is 4.69. The number of hydrogen-bond acceptors (Lipinski definition) is 2. The minimum absolute atomic E-state index is 0.384. The second-order valence-electron chi connectivity index (χ2n) is 6.28. The van der Waals surface area contributed by atoms with Crippen LogP contribution < -0.4 is 4.74 Å². The van der Waals surface area contributed by atoms with Gasteiger partial charge in [0.05, 0.1) is 12.0 Å². The van der Waals surface area contributed by atoms with Crippen LogP contribution in [0.3, 0.4) is 0 Å². The first kappa shape index (κ1) is 16.8. The molecule has 4 aromatic carbocycles. The Kier molecular flexibility index (Phi) is 4.23. The SMILES string of the molecule is COc1ccc2cc(C)ccc2c1-c1c(S(=O)O)ccc2ccccc12. The van der Waals surface area contributed by atoms with Crippen LogP contribution in [0.25, 0.3) is 32.7 Å². The Hall–Kier alpha value is -2.69. The van der Waals surface area contributed by atoms with Crippen molar-refractivity contribution in [2.75, 3.05) is 7.11 Å². The monoisotopic (exact) mass is 362 g/mol. The zero-order valence-electron chi connectivity index (χ0n) is 14.5. The molecular weight excluding hydrogens is 344 g/mol. The maximum Gasteiger partial charge on any atom is 0.187 e. The lowest BCUT2D eigenvalue weighted by Crippen LogP contribution is -1.97. The Balaban J connectivity index is 2.23. The van der Waals surface area contributed by atoms with Crippen molar-refractivity contribution in [2.24, 2.45) is 0 Å². The minimum Gasteiger partial charge on any atom is -0.496 e. The van der Waals surface area contributed by atoms with Gasteiger partial charge in [0.2, 0.25) is 0 Å². The van der Waals surface area contributed by atoms with Crippen molar-refractivity contribution in [2.45, 2.75) is 11.8 Å². The van der Waals surface area contributed by atoms with E-state index in [0.717, 1.165) is 38.2 Å². The average Bonchev–Trinajstić information content (AvgIpc) is 2.66. The number of benzene rings is 4. The van der Waals surface area contributed by atoms with Crippen LogP contribution >= 0.6 is 0 Å². The fourth-order valence-corrected chi connectivity index (χ4v) is 4.08. The lowest BCUT2D eigenvalue weighted by atomic mass is 9.92. The Bertz CT molecular complexity index is 1160. The first-order valence-electron chi connectivity index (χ1n) is 8.30. The predicted molar refractivity (Wildman–Crippen MR) is 107 cm³/mol. The Morgan fingerprint density at radius 2 is 1.58 bits per heavy atom. The van der Waals surface area contributed by atoms with E-state index in [4.69, 9.17) is 4.74 Å². The molecule has 0 aliphatic rings. The van der Waals surface area contributed by atoms with Crippen molar-refractivity contribution in [1.82, 2.24) is 0 Å². The molecule has 0 saturated carbocycles. The highest BCUT2D eigenvalue weighted by Gasteiger charge is 2.19. The minimum atomic E-state index is -2.11. The highest BCUT2D eigenvalue weighted by atomic mass is 32.2. The number of ether oxygens (including phenoxy) is 1. The van der Waals surface area contributed by atoms with Gasteiger partial charge in [0.25, 0.3) is 0 Å². The Morgan fingerprint density at radius 3 is 2.35 bits per heavy atom. The molecule has 26 heavy (non-hydrogen) atoms. The van der Waals surface area contributed by atoms with E-state index in [0.29, 0.717) is 10.6 Å². The van der Waals surface area contributed by atoms with Gasteiger partial charge in [-0.15, -0.1) is 0 Å². The van der Waals surface area contributed by atoms with Crippen LogP contribution in [0, 0.1) is 6.92 Å². The highest BCUT2D eigenvalue weighted by Crippen LogP contribution is 2.43. The maximum absolute atomic E-state index is 12.1. The third kappa shape index (κ3) is 2.68. The molecule has 130 valence electrons. The van der Waals surface area contributed by atoms with Crippen molar-refractivity contribution < 1.29 is 13.5 Å². The highest BCUT2D eigenvalue weighted by molar-refractivity contribution is 7.79. The van der Waals surface area contributed by atoms with Gasteiger partial charge in [-0.25, -0.2) is 4.21 Å². The molecule has 0 saturated heterocycles. The van der Waals surface area contributed by atoms with Gasteiger partial charge in [0.1, 0.15) is 5.75 Å². The van der Waals surface area contributed by atoms with E-state index < -0.39 is 11.1 Å². The van der Waals surface area contributed by atoms with E-state index in [1.807, 2.05) is 54.6 Å². The zero-order valence-corrected chi connectivity index (χ0v) is 15.3. The molecule has 4 aromatic rings. The van der Waals surface area contributed by atoms with E-state index in [2.05, 4.69) is 13.0 Å². The number of aryl methyl sites for hydroxylation is 1. The lowest BCUT2D eigenvalue weighted by Gasteiger charge is -2.17. The van der Waals surface area contributed by atoms with Crippen LogP contribution in [-0.4, -0.2) is 15.9 Å². The summed E-state index contributed by atoms with van der Waals surface area (Å²) >= 11 is -2.11. The largest absolute Gasteiger partial charge is 0.496 e. The Labute approximate surface area is 154 Å². The Morgan fingerprint density at radius 1 is 0.846 bits per heavy atom. The summed E-state index contributed by atoms with van der Waals surface area (Å²) in [6, 6.07) is 21.6. The topological polar surface area (TPSA) is 46.5 Å². The summed E-state index contributed by atoms with van der Waals surface area (Å²) < 4.78 is 27.7. The van der Waals surface area contributed by atoms with Crippen LogP contribution in [0.4, 0.5) is 0 Å². The fourth-order valence-electron chi connectivity index (χ4n) is 3.51. The molecule has 1 unspecified atom stereocenters. The van der Waals surface area contributed by atoms with E-state index in [9.17, 15) is 8.76 Å². The predicted octanol–water partition coefficient (Wildman–Crippen LogP) is 5.56. The summed E-state index contributed by atoms with van der Waals surface area (Å²) in [6.07, 6.45) is 0. The smallest absolute Gasteiger partial charge is 0.187 e. The third-order valence-corrected chi connectivity index (χ3v) is 5.40. The van der Waals surface area contributed by atoms with Gasteiger partial charge in [0, 0.05) is 11.1 Å². The van der Waals surface area contributed by atoms with Crippen LogP contribution in [0.2, 0.25) is 0 Å². The molecule has 0 spiro atoms. The van der Waals surface area contributed by atoms with Crippen molar-refractivity contribution in [1.29, 1.82) is 0 Å². The van der Waals surface area contributed by atoms with E-state index in [-0.39, 0.29) is 0 Å². The second-order valence-corrected chi connectivity index (χ2v) is 7.21. The summed E-state index contributed by atoms with van der Waals surface area (Å²) in [7, 11) is 1.62. The van der Waals surface area contributed by atoms with Crippen LogP contribution in [0.15, 0.2) is 71.6 Å². The molecule has 0 amide bonds. The summed E-state index contributed by atoms with van der Waals surface area (Å²) in [5.41, 5.74) is 2.76. The average molecular weight is 362 g/mol. The van der Waals surface area contributed by atoms with Crippen LogP contribution in [0.5, 0.6) is 5.75 Å². The molecule has 1 atom stereocenters. The molecule has 4 rings (SSSR count). The molecule has 0 aliphatic heterocycles.